The van der Waals surface area contributed by atoms with Crippen LogP contribution in [0, 0.1) is 27.7 Å². The molecule has 3 aromatic rings. The summed E-state index contributed by atoms with van der Waals surface area (Å²) in [4.78, 5) is 11.0. The van der Waals surface area contributed by atoms with Crippen LogP contribution >= 0.6 is 0 Å². The highest BCUT2D eigenvalue weighted by Gasteiger charge is 2.18. The first-order chi connectivity index (χ1) is 16.2. The molecule has 0 saturated carbocycles. The molecule has 37 heavy (non-hydrogen) atoms. The summed E-state index contributed by atoms with van der Waals surface area (Å²) in [6.07, 6.45) is 9.92. The highest BCUT2D eigenvalue weighted by molar-refractivity contribution is 5.52. The molecule has 2 N–H and O–H groups in total. The van der Waals surface area contributed by atoms with Crippen LogP contribution in [0.3, 0.4) is 0 Å². The van der Waals surface area contributed by atoms with E-state index >= 15 is 0 Å². The van der Waals surface area contributed by atoms with Gasteiger partial charge in [0, 0.05) is 43.6 Å². The summed E-state index contributed by atoms with van der Waals surface area (Å²) in [6.45, 7) is 15.2. The zero-order valence-electron chi connectivity index (χ0n) is 23.5. The number of benzene rings is 1. The van der Waals surface area contributed by atoms with Crippen molar-refractivity contribution in [2.24, 2.45) is 0 Å². The second kappa shape index (κ2) is 17.7. The Morgan fingerprint density at radius 1 is 0.865 bits per heavy atom. The Hall–Kier alpha value is -2.72. The van der Waals surface area contributed by atoms with E-state index in [0.717, 1.165) is 12.8 Å². The Morgan fingerprint density at radius 2 is 1.51 bits per heavy atom. The van der Waals surface area contributed by atoms with Crippen LogP contribution in [-0.4, -0.2) is 29.5 Å². The highest BCUT2D eigenvalue weighted by Crippen LogP contribution is 2.30. The zero-order chi connectivity index (χ0) is 25.3. The molecular formula is C33H55N3O. The van der Waals surface area contributed by atoms with Gasteiger partial charge in [-0.25, -0.2) is 0 Å². The lowest BCUT2D eigenvalue weighted by Crippen LogP contribution is -2.10. The van der Waals surface area contributed by atoms with Crippen LogP contribution in [0.25, 0.3) is 0 Å². The average Bonchev–Trinajstić information content (AvgIpc) is 2.84. The summed E-state index contributed by atoms with van der Waals surface area (Å²) in [5.74, 6) is 0.675. The SMILES string of the molecule is C.C.CCc1ccccc1N(C)C.CCc1ncc(C)c(C)c1C.Cc1ccnc2c1CCCC2C.O. The van der Waals surface area contributed by atoms with Crippen LogP contribution < -0.4 is 4.90 Å². The second-order valence-electron chi connectivity index (χ2n) is 9.65. The Balaban J connectivity index is 0. The summed E-state index contributed by atoms with van der Waals surface area (Å²) in [5, 5.41) is 0. The first kappa shape index (κ1) is 36.4. The van der Waals surface area contributed by atoms with Gasteiger partial charge in [0.05, 0.1) is 0 Å². The summed E-state index contributed by atoms with van der Waals surface area (Å²) in [6, 6.07) is 10.6. The molecule has 0 radical (unpaired) electrons. The minimum Gasteiger partial charge on any atom is -0.412 e. The minimum atomic E-state index is 0. The lowest BCUT2D eigenvalue weighted by atomic mass is 9.86. The van der Waals surface area contributed by atoms with Crippen molar-refractivity contribution in [2.75, 3.05) is 19.0 Å². The summed E-state index contributed by atoms with van der Waals surface area (Å²) >= 11 is 0. The number of aryl methyl sites for hydroxylation is 4. The molecule has 4 heteroatoms. The number of rotatable bonds is 3. The predicted octanol–water partition coefficient (Wildman–Crippen LogP) is 8.16. The van der Waals surface area contributed by atoms with E-state index in [1.807, 2.05) is 12.4 Å². The third-order valence-corrected chi connectivity index (χ3v) is 7.04. The number of hydrogen-bond donors (Lipinski definition) is 0. The Labute approximate surface area is 228 Å². The molecule has 4 rings (SSSR count). The largest absolute Gasteiger partial charge is 0.412 e. The Kier molecular flexibility index (Phi) is 17.4. The normalized spacial score (nSPS) is 13.1. The van der Waals surface area contributed by atoms with E-state index in [1.165, 1.54) is 69.7 Å². The topological polar surface area (TPSA) is 60.5 Å². The fourth-order valence-corrected chi connectivity index (χ4v) is 4.56. The van der Waals surface area contributed by atoms with Crippen LogP contribution in [0.4, 0.5) is 5.69 Å². The molecule has 1 atom stereocenters. The van der Waals surface area contributed by atoms with Crippen molar-refractivity contribution in [2.45, 2.75) is 101 Å². The van der Waals surface area contributed by atoms with Crippen molar-refractivity contribution in [3.8, 4) is 0 Å². The van der Waals surface area contributed by atoms with Gasteiger partial charge in [-0.1, -0.05) is 53.8 Å². The van der Waals surface area contributed by atoms with Gasteiger partial charge in [-0.2, -0.15) is 0 Å². The van der Waals surface area contributed by atoms with Gasteiger partial charge in [0.2, 0.25) is 0 Å². The van der Waals surface area contributed by atoms with E-state index in [2.05, 4.69) is 108 Å². The summed E-state index contributed by atoms with van der Waals surface area (Å²) < 4.78 is 0. The van der Waals surface area contributed by atoms with Crippen LogP contribution in [0.15, 0.2) is 42.7 Å². The maximum Gasteiger partial charge on any atom is 0.0466 e. The number of aromatic nitrogens is 2. The number of pyridine rings is 2. The van der Waals surface area contributed by atoms with Gasteiger partial charge < -0.3 is 10.4 Å². The van der Waals surface area contributed by atoms with Crippen LogP contribution in [0.2, 0.25) is 0 Å². The van der Waals surface area contributed by atoms with Gasteiger partial charge >= 0.3 is 0 Å². The molecule has 0 aliphatic heterocycles. The summed E-state index contributed by atoms with van der Waals surface area (Å²) in [5.41, 5.74) is 12.3. The molecule has 1 aromatic carbocycles. The Bertz CT molecular complexity index is 1060. The molecule has 1 aliphatic rings. The molecule has 1 unspecified atom stereocenters. The molecule has 2 heterocycles. The van der Waals surface area contributed by atoms with Crippen LogP contribution in [0.5, 0.6) is 0 Å². The van der Waals surface area contributed by atoms with Gasteiger partial charge in [-0.15, -0.1) is 0 Å². The lowest BCUT2D eigenvalue weighted by Gasteiger charge is -2.22. The number of para-hydroxylation sites is 1. The quantitative estimate of drug-likeness (QED) is 0.358. The van der Waals surface area contributed by atoms with E-state index < -0.39 is 0 Å². The first-order valence-electron chi connectivity index (χ1n) is 12.8. The van der Waals surface area contributed by atoms with Crippen molar-refractivity contribution in [1.29, 1.82) is 0 Å². The second-order valence-corrected chi connectivity index (χ2v) is 9.65. The molecule has 0 spiro atoms. The highest BCUT2D eigenvalue weighted by atomic mass is 16.0. The van der Waals surface area contributed by atoms with E-state index in [0.29, 0.717) is 5.92 Å². The average molecular weight is 510 g/mol. The maximum atomic E-state index is 4.46. The van der Waals surface area contributed by atoms with Gasteiger partial charge in [-0.3, -0.25) is 9.97 Å². The van der Waals surface area contributed by atoms with E-state index in [1.54, 1.807) is 0 Å². The lowest BCUT2D eigenvalue weighted by molar-refractivity contribution is 0.571. The molecule has 4 nitrogen and oxygen atoms in total. The molecule has 0 fully saturated rings. The van der Waals surface area contributed by atoms with E-state index in [4.69, 9.17) is 0 Å². The fraction of sp³-hybridized carbons (Fsp3) is 0.515. The molecule has 1 aliphatic carbocycles. The minimum absolute atomic E-state index is 0. The number of nitrogens with zero attached hydrogens (tertiary/aromatic N) is 3. The molecule has 0 bridgehead atoms. The van der Waals surface area contributed by atoms with Crippen molar-refractivity contribution >= 4 is 5.69 Å². The van der Waals surface area contributed by atoms with Crippen LogP contribution in [-0.2, 0) is 19.3 Å². The van der Waals surface area contributed by atoms with Crippen LogP contribution in [0.1, 0.15) is 99.2 Å². The molecule has 0 saturated heterocycles. The third-order valence-electron chi connectivity index (χ3n) is 7.04. The molecule has 0 amide bonds. The van der Waals surface area contributed by atoms with E-state index in [9.17, 15) is 0 Å². The number of fused-ring (bicyclic) bond motifs is 1. The van der Waals surface area contributed by atoms with Crippen molar-refractivity contribution < 1.29 is 5.48 Å². The van der Waals surface area contributed by atoms with Crippen molar-refractivity contribution in [3.63, 3.8) is 0 Å². The van der Waals surface area contributed by atoms with Gasteiger partial charge in [0.1, 0.15) is 0 Å². The molecule has 208 valence electrons. The van der Waals surface area contributed by atoms with E-state index in [-0.39, 0.29) is 20.3 Å². The van der Waals surface area contributed by atoms with Crippen molar-refractivity contribution in [3.05, 3.63) is 87.5 Å². The number of anilines is 1. The first-order valence-corrected chi connectivity index (χ1v) is 12.8. The zero-order valence-corrected chi connectivity index (χ0v) is 23.5. The third kappa shape index (κ3) is 9.92. The standard InChI is InChI=1S/C11H15N.2C10H15N.2CH4.H2O/c1-8-6-7-12-11-9(2)4-3-5-10(8)11;1-5-10-9(4)8(3)7(2)6-11-10;1-4-9-7-5-6-8-10(9)11(2)3;;;/h6-7,9H,3-5H2,1-2H3;6H,5H2,1-4H3;5-8H,4H2,1-3H3;2*1H4;1H2. The smallest absolute Gasteiger partial charge is 0.0466 e. The van der Waals surface area contributed by atoms with Gasteiger partial charge in [0.25, 0.3) is 0 Å². The molecular weight excluding hydrogens is 454 g/mol. The summed E-state index contributed by atoms with van der Waals surface area (Å²) in [7, 11) is 4.16. The molecule has 2 aromatic heterocycles. The number of hydrogen-bond acceptors (Lipinski definition) is 3. The fourth-order valence-electron chi connectivity index (χ4n) is 4.56. The monoisotopic (exact) mass is 509 g/mol. The van der Waals surface area contributed by atoms with Gasteiger partial charge in [-0.05, 0) is 111 Å². The Morgan fingerprint density at radius 3 is 2.05 bits per heavy atom. The maximum absolute atomic E-state index is 4.46. The predicted molar refractivity (Wildman–Crippen MR) is 165 cm³/mol. The van der Waals surface area contributed by atoms with Gasteiger partial charge in [0.15, 0.2) is 0 Å². The van der Waals surface area contributed by atoms with Crippen molar-refractivity contribution in [1.82, 2.24) is 9.97 Å².